The van der Waals surface area contributed by atoms with Gasteiger partial charge in [-0.2, -0.15) is 0 Å². The average Bonchev–Trinajstić information content (AvgIpc) is 2.76. The fourth-order valence-corrected chi connectivity index (χ4v) is 3.75. The molecule has 102 valence electrons. The third kappa shape index (κ3) is 3.17. The molecule has 0 aliphatic carbocycles. The average molecular weight is 300 g/mol. The summed E-state index contributed by atoms with van der Waals surface area (Å²) in [7, 11) is -3.89. The van der Waals surface area contributed by atoms with E-state index in [4.69, 9.17) is 0 Å². The van der Waals surface area contributed by atoms with E-state index in [0.29, 0.717) is 5.01 Å². The molecular formula is C12H13FN2O2S2. The van der Waals surface area contributed by atoms with Crippen molar-refractivity contribution >= 4 is 21.4 Å². The lowest BCUT2D eigenvalue weighted by Crippen LogP contribution is -2.27. The van der Waals surface area contributed by atoms with Gasteiger partial charge in [0, 0.05) is 11.1 Å². The fraction of sp³-hybridized carbons (Fsp3) is 0.250. The molecule has 19 heavy (non-hydrogen) atoms. The van der Waals surface area contributed by atoms with Crippen LogP contribution in [-0.2, 0) is 10.0 Å². The van der Waals surface area contributed by atoms with E-state index in [9.17, 15) is 12.8 Å². The van der Waals surface area contributed by atoms with Crippen molar-refractivity contribution in [3.8, 4) is 0 Å². The third-order valence-electron chi connectivity index (χ3n) is 2.47. The van der Waals surface area contributed by atoms with E-state index < -0.39 is 21.9 Å². The van der Waals surface area contributed by atoms with Gasteiger partial charge in [-0.15, -0.1) is 11.3 Å². The molecule has 7 heteroatoms. The van der Waals surface area contributed by atoms with Crippen molar-refractivity contribution in [2.24, 2.45) is 0 Å². The summed E-state index contributed by atoms with van der Waals surface area (Å²) in [5.41, 5.74) is 0.830. The maximum absolute atomic E-state index is 13.5. The highest BCUT2D eigenvalue weighted by atomic mass is 32.2. The van der Waals surface area contributed by atoms with Gasteiger partial charge in [0.05, 0.1) is 6.04 Å². The van der Waals surface area contributed by atoms with Gasteiger partial charge in [0.15, 0.2) is 0 Å². The van der Waals surface area contributed by atoms with Crippen LogP contribution in [0, 0.1) is 12.7 Å². The van der Waals surface area contributed by atoms with E-state index >= 15 is 0 Å². The number of nitrogens with zero attached hydrogens (tertiary/aromatic N) is 1. The van der Waals surface area contributed by atoms with Crippen molar-refractivity contribution in [2.75, 3.05) is 0 Å². The molecule has 1 aromatic carbocycles. The Balaban J connectivity index is 2.25. The van der Waals surface area contributed by atoms with E-state index in [1.807, 2.05) is 12.3 Å². The number of rotatable bonds is 4. The van der Waals surface area contributed by atoms with Gasteiger partial charge in [0.1, 0.15) is 15.7 Å². The van der Waals surface area contributed by atoms with Crippen molar-refractivity contribution < 1.29 is 12.8 Å². The molecule has 1 atom stereocenters. The fourth-order valence-electron chi connectivity index (χ4n) is 1.58. The number of thiazole rings is 1. The molecule has 1 heterocycles. The molecule has 0 radical (unpaired) electrons. The number of aryl methyl sites for hydroxylation is 1. The minimum Gasteiger partial charge on any atom is -0.245 e. The highest BCUT2D eigenvalue weighted by Gasteiger charge is 2.22. The van der Waals surface area contributed by atoms with Gasteiger partial charge in [-0.05, 0) is 26.0 Å². The highest BCUT2D eigenvalue weighted by molar-refractivity contribution is 7.89. The SMILES string of the molecule is Cc1csc(C(C)NS(=O)(=O)c2ccccc2F)n1. The summed E-state index contributed by atoms with van der Waals surface area (Å²) >= 11 is 1.37. The minimum atomic E-state index is -3.89. The first-order valence-electron chi connectivity index (χ1n) is 5.59. The largest absolute Gasteiger partial charge is 0.245 e. The number of hydrogen-bond acceptors (Lipinski definition) is 4. The predicted octanol–water partition coefficient (Wildman–Crippen LogP) is 2.63. The van der Waals surface area contributed by atoms with Crippen LogP contribution in [0.15, 0.2) is 34.5 Å². The maximum atomic E-state index is 13.5. The predicted molar refractivity (Wildman–Crippen MR) is 72.0 cm³/mol. The molecule has 2 aromatic rings. The van der Waals surface area contributed by atoms with Gasteiger partial charge < -0.3 is 0 Å². The number of nitrogens with one attached hydrogen (secondary N) is 1. The Bertz CT molecular complexity index is 683. The van der Waals surface area contributed by atoms with Crippen molar-refractivity contribution in [1.29, 1.82) is 0 Å². The quantitative estimate of drug-likeness (QED) is 0.944. The van der Waals surface area contributed by atoms with Crippen LogP contribution in [0.25, 0.3) is 0 Å². The second-order valence-corrected chi connectivity index (χ2v) is 6.67. The monoisotopic (exact) mass is 300 g/mol. The van der Waals surface area contributed by atoms with Gasteiger partial charge in [0.2, 0.25) is 10.0 Å². The van der Waals surface area contributed by atoms with Crippen LogP contribution >= 0.6 is 11.3 Å². The molecule has 1 N–H and O–H groups in total. The molecule has 0 spiro atoms. The Kier molecular flexibility index (Phi) is 3.98. The number of aromatic nitrogens is 1. The van der Waals surface area contributed by atoms with Gasteiger partial charge in [-0.1, -0.05) is 12.1 Å². The lowest BCUT2D eigenvalue weighted by molar-refractivity contribution is 0.546. The Morgan fingerprint density at radius 2 is 2.05 bits per heavy atom. The first-order valence-corrected chi connectivity index (χ1v) is 7.95. The number of benzene rings is 1. The first kappa shape index (κ1) is 14.1. The molecular weight excluding hydrogens is 287 g/mol. The van der Waals surface area contributed by atoms with Crippen LogP contribution in [0.2, 0.25) is 0 Å². The summed E-state index contributed by atoms with van der Waals surface area (Å²) < 4.78 is 40.1. The molecule has 0 amide bonds. The van der Waals surface area contributed by atoms with Crippen LogP contribution in [0.5, 0.6) is 0 Å². The smallest absolute Gasteiger partial charge is 0.244 e. The number of halogens is 1. The zero-order valence-corrected chi connectivity index (χ0v) is 12.1. The van der Waals surface area contributed by atoms with Crippen molar-refractivity contribution in [3.05, 3.63) is 46.2 Å². The van der Waals surface area contributed by atoms with Gasteiger partial charge >= 0.3 is 0 Å². The van der Waals surface area contributed by atoms with Gasteiger partial charge in [-0.25, -0.2) is 22.5 Å². The Morgan fingerprint density at radius 1 is 1.37 bits per heavy atom. The maximum Gasteiger partial charge on any atom is 0.244 e. The standard InChI is InChI=1S/C12H13FN2O2S2/c1-8-7-18-12(14-8)9(2)15-19(16,17)11-6-4-3-5-10(11)13/h3-7,9,15H,1-2H3. The minimum absolute atomic E-state index is 0.352. The van der Waals surface area contributed by atoms with Crippen molar-refractivity contribution in [2.45, 2.75) is 24.8 Å². The topological polar surface area (TPSA) is 59.1 Å². The lowest BCUT2D eigenvalue weighted by atomic mass is 10.3. The number of sulfonamides is 1. The molecule has 2 rings (SSSR count). The molecule has 0 aliphatic rings. The Labute approximate surface area is 115 Å². The van der Waals surface area contributed by atoms with Crippen LogP contribution < -0.4 is 4.72 Å². The Morgan fingerprint density at radius 3 is 2.63 bits per heavy atom. The summed E-state index contributed by atoms with van der Waals surface area (Å²) in [6.07, 6.45) is 0. The normalized spacial score (nSPS) is 13.4. The van der Waals surface area contributed by atoms with Gasteiger partial charge in [0.25, 0.3) is 0 Å². The third-order valence-corrected chi connectivity index (χ3v) is 5.18. The number of hydrogen-bond donors (Lipinski definition) is 1. The zero-order valence-electron chi connectivity index (χ0n) is 10.4. The molecule has 0 bridgehead atoms. The molecule has 0 fully saturated rings. The van der Waals surface area contributed by atoms with Crippen LogP contribution in [0.4, 0.5) is 4.39 Å². The Hall–Kier alpha value is -1.31. The molecule has 1 aromatic heterocycles. The van der Waals surface area contributed by atoms with Crippen LogP contribution in [0.1, 0.15) is 23.7 Å². The summed E-state index contributed by atoms with van der Waals surface area (Å²) in [4.78, 5) is 3.86. The van der Waals surface area contributed by atoms with E-state index in [-0.39, 0.29) is 4.90 Å². The van der Waals surface area contributed by atoms with Crippen LogP contribution in [-0.4, -0.2) is 13.4 Å². The lowest BCUT2D eigenvalue weighted by Gasteiger charge is -2.12. The van der Waals surface area contributed by atoms with E-state index in [1.54, 1.807) is 6.92 Å². The van der Waals surface area contributed by atoms with E-state index in [2.05, 4.69) is 9.71 Å². The summed E-state index contributed by atoms with van der Waals surface area (Å²) in [5, 5.41) is 2.49. The summed E-state index contributed by atoms with van der Waals surface area (Å²) in [6, 6.07) is 4.78. The van der Waals surface area contributed by atoms with Gasteiger partial charge in [-0.3, -0.25) is 0 Å². The zero-order chi connectivity index (χ0) is 14.0. The molecule has 0 saturated heterocycles. The summed E-state index contributed by atoms with van der Waals surface area (Å²) in [6.45, 7) is 3.51. The van der Waals surface area contributed by atoms with Crippen molar-refractivity contribution in [3.63, 3.8) is 0 Å². The van der Waals surface area contributed by atoms with E-state index in [1.165, 1.54) is 29.5 Å². The first-order chi connectivity index (χ1) is 8.90. The second kappa shape index (κ2) is 5.36. The molecule has 1 unspecified atom stereocenters. The van der Waals surface area contributed by atoms with Crippen LogP contribution in [0.3, 0.4) is 0 Å². The molecule has 4 nitrogen and oxygen atoms in total. The molecule has 0 saturated carbocycles. The highest BCUT2D eigenvalue weighted by Crippen LogP contribution is 2.21. The summed E-state index contributed by atoms with van der Waals surface area (Å²) in [5.74, 6) is -0.766. The second-order valence-electron chi connectivity index (χ2n) is 4.10. The van der Waals surface area contributed by atoms with Crippen molar-refractivity contribution in [1.82, 2.24) is 9.71 Å². The van der Waals surface area contributed by atoms with E-state index in [0.717, 1.165) is 11.8 Å². The molecule has 0 aliphatic heterocycles.